The normalized spacial score (nSPS) is 22.8. The summed E-state index contributed by atoms with van der Waals surface area (Å²) in [6.45, 7) is 16.6. The Labute approximate surface area is 196 Å². The molecule has 2 fully saturated rings. The predicted molar refractivity (Wildman–Crippen MR) is 125 cm³/mol. The standard InChI is InChI=1S/C23H34BClN2O5/c1-15-14-26(11-12-27(15)20(29)30-21(2,3)4)19(28)16-9-10-18(25)17(13-16)24-31-22(5,6)23(7,8)32-24/h9-10,13,15H,11-12,14H2,1-8H3/t15-/m1/s1. The second-order valence-electron chi connectivity index (χ2n) is 10.6. The van der Waals surface area contributed by atoms with E-state index < -0.39 is 23.9 Å². The molecule has 0 radical (unpaired) electrons. The van der Waals surface area contributed by atoms with Crippen LogP contribution in [-0.4, -0.2) is 71.4 Å². The van der Waals surface area contributed by atoms with Crippen molar-refractivity contribution < 1.29 is 23.6 Å². The predicted octanol–water partition coefficient (Wildman–Crippen LogP) is 3.72. The molecule has 2 amide bonds. The summed E-state index contributed by atoms with van der Waals surface area (Å²) in [6.07, 6.45) is -0.355. The molecule has 1 aromatic rings. The first-order valence-electron chi connectivity index (χ1n) is 11.1. The molecule has 2 saturated heterocycles. The molecule has 0 saturated carbocycles. The van der Waals surface area contributed by atoms with Gasteiger partial charge in [0.15, 0.2) is 0 Å². The number of amides is 2. The molecule has 3 rings (SSSR count). The van der Waals surface area contributed by atoms with E-state index in [0.717, 1.165) is 0 Å². The highest BCUT2D eigenvalue weighted by Crippen LogP contribution is 2.37. The summed E-state index contributed by atoms with van der Waals surface area (Å²) in [7, 11) is -0.650. The molecule has 32 heavy (non-hydrogen) atoms. The fourth-order valence-corrected chi connectivity index (χ4v) is 3.95. The van der Waals surface area contributed by atoms with Gasteiger partial charge in [0.05, 0.1) is 11.2 Å². The van der Waals surface area contributed by atoms with Crippen molar-refractivity contribution >= 4 is 36.2 Å². The Morgan fingerprint density at radius 3 is 2.25 bits per heavy atom. The average molecular weight is 465 g/mol. The van der Waals surface area contributed by atoms with Crippen LogP contribution in [0.4, 0.5) is 4.79 Å². The van der Waals surface area contributed by atoms with Gasteiger partial charge in [-0.1, -0.05) is 11.6 Å². The van der Waals surface area contributed by atoms with E-state index in [1.165, 1.54) is 0 Å². The molecule has 2 aliphatic rings. The van der Waals surface area contributed by atoms with E-state index in [1.54, 1.807) is 28.0 Å². The van der Waals surface area contributed by atoms with Crippen LogP contribution in [0.3, 0.4) is 0 Å². The first kappa shape index (κ1) is 24.9. The van der Waals surface area contributed by atoms with Gasteiger partial charge >= 0.3 is 13.2 Å². The second-order valence-corrected chi connectivity index (χ2v) is 11.0. The van der Waals surface area contributed by atoms with Crippen molar-refractivity contribution in [3.63, 3.8) is 0 Å². The highest BCUT2D eigenvalue weighted by atomic mass is 35.5. The van der Waals surface area contributed by atoms with Gasteiger partial charge in [0.1, 0.15) is 5.60 Å². The summed E-state index contributed by atoms with van der Waals surface area (Å²) in [6, 6.07) is 5.01. The molecular formula is C23H34BClN2O5. The molecule has 2 heterocycles. The quantitative estimate of drug-likeness (QED) is 0.624. The topological polar surface area (TPSA) is 68.3 Å². The monoisotopic (exact) mass is 464 g/mol. The molecule has 1 atom stereocenters. The number of hydrogen-bond donors (Lipinski definition) is 0. The number of carbonyl (C=O) groups excluding carboxylic acids is 2. The molecule has 0 bridgehead atoms. The van der Waals surface area contributed by atoms with Crippen molar-refractivity contribution in [3.8, 4) is 0 Å². The maximum atomic E-state index is 13.3. The first-order chi connectivity index (χ1) is 14.6. The summed E-state index contributed by atoms with van der Waals surface area (Å²) >= 11 is 6.44. The van der Waals surface area contributed by atoms with Gasteiger partial charge in [-0.15, -0.1) is 0 Å². The van der Waals surface area contributed by atoms with Crippen LogP contribution in [0.1, 0.15) is 65.7 Å². The van der Waals surface area contributed by atoms with Gasteiger partial charge in [0, 0.05) is 41.7 Å². The first-order valence-corrected chi connectivity index (χ1v) is 11.4. The van der Waals surface area contributed by atoms with Crippen LogP contribution in [0.5, 0.6) is 0 Å². The zero-order valence-electron chi connectivity index (χ0n) is 20.3. The molecule has 0 aliphatic carbocycles. The zero-order chi connectivity index (χ0) is 24.1. The molecule has 0 unspecified atom stereocenters. The summed E-state index contributed by atoms with van der Waals surface area (Å²) in [5.74, 6) is -0.116. The lowest BCUT2D eigenvalue weighted by Gasteiger charge is -2.40. The lowest BCUT2D eigenvalue weighted by molar-refractivity contribution is 0.00198. The smallest absolute Gasteiger partial charge is 0.444 e. The molecule has 2 aliphatic heterocycles. The highest BCUT2D eigenvalue weighted by Gasteiger charge is 2.52. The third kappa shape index (κ3) is 5.08. The van der Waals surface area contributed by atoms with Crippen molar-refractivity contribution in [3.05, 3.63) is 28.8 Å². The van der Waals surface area contributed by atoms with Crippen molar-refractivity contribution in [2.75, 3.05) is 19.6 Å². The Bertz CT molecular complexity index is 883. The number of piperazine rings is 1. The molecule has 0 spiro atoms. The SMILES string of the molecule is C[C@@H]1CN(C(=O)c2ccc(Cl)c(B3OC(C)(C)C(C)(C)O3)c2)CCN1C(=O)OC(C)(C)C. The van der Waals surface area contributed by atoms with Crippen LogP contribution in [-0.2, 0) is 14.0 Å². The lowest BCUT2D eigenvalue weighted by Crippen LogP contribution is -2.56. The van der Waals surface area contributed by atoms with Gasteiger partial charge in [-0.2, -0.15) is 0 Å². The summed E-state index contributed by atoms with van der Waals surface area (Å²) in [4.78, 5) is 29.1. The van der Waals surface area contributed by atoms with Gasteiger partial charge in [-0.3, -0.25) is 4.79 Å². The number of carbonyl (C=O) groups is 2. The number of nitrogens with zero attached hydrogens (tertiary/aromatic N) is 2. The average Bonchev–Trinajstić information content (AvgIpc) is 2.87. The Balaban J connectivity index is 1.73. The van der Waals surface area contributed by atoms with E-state index in [0.29, 0.717) is 35.7 Å². The molecule has 1 aromatic carbocycles. The lowest BCUT2D eigenvalue weighted by atomic mass is 9.78. The maximum absolute atomic E-state index is 13.3. The van der Waals surface area contributed by atoms with E-state index in [9.17, 15) is 9.59 Å². The van der Waals surface area contributed by atoms with Gasteiger partial charge in [-0.25, -0.2) is 4.79 Å². The third-order valence-corrected chi connectivity index (χ3v) is 6.64. The number of hydrogen-bond acceptors (Lipinski definition) is 5. The van der Waals surface area contributed by atoms with Crippen LogP contribution in [0.15, 0.2) is 18.2 Å². The summed E-state index contributed by atoms with van der Waals surface area (Å²) < 4.78 is 17.7. The van der Waals surface area contributed by atoms with E-state index in [-0.39, 0.29) is 18.0 Å². The van der Waals surface area contributed by atoms with Crippen LogP contribution in [0.2, 0.25) is 5.02 Å². The Kier molecular flexibility index (Phi) is 6.64. The minimum absolute atomic E-state index is 0.116. The van der Waals surface area contributed by atoms with Gasteiger partial charge in [0.25, 0.3) is 5.91 Å². The minimum atomic E-state index is -0.650. The molecule has 9 heteroatoms. The van der Waals surface area contributed by atoms with E-state index in [1.807, 2.05) is 55.4 Å². The highest BCUT2D eigenvalue weighted by molar-refractivity contribution is 6.65. The van der Waals surface area contributed by atoms with E-state index >= 15 is 0 Å². The Morgan fingerprint density at radius 1 is 1.12 bits per heavy atom. The maximum Gasteiger partial charge on any atom is 0.496 e. The van der Waals surface area contributed by atoms with Gasteiger partial charge < -0.3 is 23.8 Å². The molecule has 0 aromatic heterocycles. The molecule has 7 nitrogen and oxygen atoms in total. The largest absolute Gasteiger partial charge is 0.496 e. The number of rotatable bonds is 2. The van der Waals surface area contributed by atoms with Crippen LogP contribution < -0.4 is 5.46 Å². The fraction of sp³-hybridized carbons (Fsp3) is 0.652. The van der Waals surface area contributed by atoms with Gasteiger partial charge in [0.2, 0.25) is 0 Å². The Hall–Kier alpha value is -1.77. The van der Waals surface area contributed by atoms with Gasteiger partial charge in [-0.05, 0) is 73.6 Å². The van der Waals surface area contributed by atoms with E-state index in [4.69, 9.17) is 25.6 Å². The molecule has 176 valence electrons. The summed E-state index contributed by atoms with van der Waals surface area (Å²) in [5.41, 5.74) is -0.423. The third-order valence-electron chi connectivity index (χ3n) is 6.29. The number of halogens is 1. The van der Waals surface area contributed by atoms with E-state index in [2.05, 4.69) is 0 Å². The van der Waals surface area contributed by atoms with Crippen molar-refractivity contribution in [1.29, 1.82) is 0 Å². The van der Waals surface area contributed by atoms with Crippen LogP contribution >= 0.6 is 11.6 Å². The molecular weight excluding hydrogens is 431 g/mol. The minimum Gasteiger partial charge on any atom is -0.444 e. The van der Waals surface area contributed by atoms with Crippen molar-refractivity contribution in [1.82, 2.24) is 9.80 Å². The number of benzene rings is 1. The zero-order valence-corrected chi connectivity index (χ0v) is 21.1. The fourth-order valence-electron chi connectivity index (χ4n) is 3.74. The van der Waals surface area contributed by atoms with Crippen molar-refractivity contribution in [2.24, 2.45) is 0 Å². The van der Waals surface area contributed by atoms with Crippen LogP contribution in [0.25, 0.3) is 0 Å². The molecule has 0 N–H and O–H groups in total. The number of ether oxygens (including phenoxy) is 1. The summed E-state index contributed by atoms with van der Waals surface area (Å²) in [5, 5.41) is 0.489. The second kappa shape index (κ2) is 8.54. The Morgan fingerprint density at radius 2 is 1.72 bits per heavy atom. The van der Waals surface area contributed by atoms with Crippen molar-refractivity contribution in [2.45, 2.75) is 78.2 Å². The van der Waals surface area contributed by atoms with Crippen LogP contribution in [0, 0.1) is 0 Å².